The third kappa shape index (κ3) is 9.69. The number of phenolic OH excluding ortho intramolecular Hbond substituents is 3. The number of nitrogens with zero attached hydrogens (tertiary/aromatic N) is 3. The van der Waals surface area contributed by atoms with Crippen molar-refractivity contribution in [2.24, 2.45) is 0 Å². The van der Waals surface area contributed by atoms with Crippen molar-refractivity contribution >= 4 is 0 Å². The first-order chi connectivity index (χ1) is 25.5. The molecule has 0 aliphatic rings. The van der Waals surface area contributed by atoms with Crippen molar-refractivity contribution in [1.82, 2.24) is 15.0 Å². The first-order valence-electron chi connectivity index (χ1n) is 20.9. The Hall–Kier alpha value is -3.93. The summed E-state index contributed by atoms with van der Waals surface area (Å²) in [5.41, 5.74) is 6.76. The molecule has 6 heteroatoms. The molecular weight excluding hydrogens is 703 g/mol. The second-order valence-electron chi connectivity index (χ2n) is 23.0. The number of rotatable bonds is 6. The molecule has 0 saturated carbocycles. The van der Waals surface area contributed by atoms with Gasteiger partial charge in [0.15, 0.2) is 0 Å². The van der Waals surface area contributed by atoms with E-state index in [1.807, 2.05) is 0 Å². The van der Waals surface area contributed by atoms with E-state index in [4.69, 9.17) is 15.0 Å². The van der Waals surface area contributed by atoms with E-state index in [1.54, 1.807) is 0 Å². The van der Waals surface area contributed by atoms with Crippen LogP contribution in [0.2, 0.25) is 0 Å². The highest BCUT2D eigenvalue weighted by atomic mass is 16.3. The molecule has 3 unspecified atom stereocenters. The Labute approximate surface area is 346 Å². The molecule has 0 spiro atoms. The van der Waals surface area contributed by atoms with Gasteiger partial charge < -0.3 is 15.3 Å². The summed E-state index contributed by atoms with van der Waals surface area (Å²) in [6.45, 7) is 44.9. The Balaban J connectivity index is 2.09. The molecule has 312 valence electrons. The van der Waals surface area contributed by atoms with E-state index in [0.717, 1.165) is 50.1 Å². The highest BCUT2D eigenvalue weighted by Gasteiger charge is 2.33. The molecule has 1 heterocycles. The third-order valence-electron chi connectivity index (χ3n) is 11.6. The van der Waals surface area contributed by atoms with Crippen LogP contribution in [-0.2, 0) is 32.5 Å². The lowest BCUT2D eigenvalue weighted by Gasteiger charge is -2.30. The number of hydrogen-bond acceptors (Lipinski definition) is 6. The van der Waals surface area contributed by atoms with Crippen molar-refractivity contribution in [2.75, 3.05) is 0 Å². The van der Waals surface area contributed by atoms with Gasteiger partial charge in [-0.1, -0.05) is 182 Å². The minimum atomic E-state index is -0.291. The number of benzene rings is 3. The fourth-order valence-electron chi connectivity index (χ4n) is 7.61. The third-order valence-corrected chi connectivity index (χ3v) is 11.6. The molecule has 0 aliphatic carbocycles. The van der Waals surface area contributed by atoms with E-state index in [0.29, 0.717) is 34.7 Å². The quantitative estimate of drug-likeness (QED) is 0.180. The molecule has 3 aromatic carbocycles. The SMILES string of the molecule is CC(c1cc(C(C)(C)C)c(O)c(C(C)(C)C)c1)c1nc(C(C)c2cc(C(C)(C)C)c(O)c(C(C)(C)C)c2)nc(C(C)c2cc(C(C)(C)C)c(O)c(C(C)(C)C)c2)n1. The van der Waals surface area contributed by atoms with Gasteiger partial charge in [0, 0.05) is 17.8 Å². The van der Waals surface area contributed by atoms with Crippen molar-refractivity contribution in [3.8, 4) is 17.2 Å². The molecular formula is C51H75N3O3. The Morgan fingerprint density at radius 1 is 0.316 bits per heavy atom. The molecule has 0 aliphatic heterocycles. The standard InChI is InChI=1S/C51H75N3O3/c1-28(31-22-34(46(4,5)6)40(55)35(23-31)47(7,8)9)43-52-44(29(2)32-24-36(48(10,11)12)41(56)37(25-32)49(13,14)15)54-45(53-43)30(3)33-26-38(50(16,17)18)42(57)39(27-33)51(19,20)21/h22-30,55-57H,1-21H3. The van der Waals surface area contributed by atoms with Gasteiger partial charge in [-0.3, -0.25) is 0 Å². The first kappa shape index (κ1) is 45.8. The summed E-state index contributed by atoms with van der Waals surface area (Å²) in [7, 11) is 0. The Morgan fingerprint density at radius 2 is 0.456 bits per heavy atom. The zero-order valence-electron chi connectivity index (χ0n) is 39.4. The zero-order chi connectivity index (χ0) is 43.8. The maximum absolute atomic E-state index is 11.6. The molecule has 1 aromatic heterocycles. The van der Waals surface area contributed by atoms with Crippen LogP contribution >= 0.6 is 0 Å². The van der Waals surface area contributed by atoms with Crippen molar-refractivity contribution in [2.45, 2.75) is 196 Å². The highest BCUT2D eigenvalue weighted by Crippen LogP contribution is 2.45. The summed E-state index contributed by atoms with van der Waals surface area (Å²) in [4.78, 5) is 15.9. The Kier molecular flexibility index (Phi) is 12.1. The van der Waals surface area contributed by atoms with Gasteiger partial charge in [-0.25, -0.2) is 15.0 Å². The van der Waals surface area contributed by atoms with Crippen molar-refractivity contribution in [3.63, 3.8) is 0 Å². The van der Waals surface area contributed by atoms with Crippen molar-refractivity contribution < 1.29 is 15.3 Å². The van der Waals surface area contributed by atoms with Crippen LogP contribution in [0.1, 0.15) is 231 Å². The lowest BCUT2D eigenvalue weighted by Crippen LogP contribution is -2.21. The molecule has 4 rings (SSSR count). The molecule has 6 nitrogen and oxygen atoms in total. The highest BCUT2D eigenvalue weighted by molar-refractivity contribution is 5.54. The maximum atomic E-state index is 11.6. The van der Waals surface area contributed by atoms with Crippen LogP contribution in [0.3, 0.4) is 0 Å². The van der Waals surface area contributed by atoms with Gasteiger partial charge in [0.2, 0.25) is 0 Å². The van der Waals surface area contributed by atoms with Crippen LogP contribution < -0.4 is 0 Å². The topological polar surface area (TPSA) is 99.4 Å². The van der Waals surface area contributed by atoms with Crippen molar-refractivity contribution in [1.29, 1.82) is 0 Å². The van der Waals surface area contributed by atoms with Gasteiger partial charge in [0.1, 0.15) is 34.7 Å². The van der Waals surface area contributed by atoms with E-state index in [2.05, 4.69) is 182 Å². The number of phenols is 3. The average Bonchev–Trinajstić information content (AvgIpc) is 3.04. The Bertz CT molecular complexity index is 1760. The minimum absolute atomic E-state index is 0.224. The van der Waals surface area contributed by atoms with Crippen LogP contribution in [0.4, 0.5) is 0 Å². The fourth-order valence-corrected chi connectivity index (χ4v) is 7.61. The summed E-state index contributed by atoms with van der Waals surface area (Å²) < 4.78 is 0. The monoisotopic (exact) mass is 778 g/mol. The fraction of sp³-hybridized carbons (Fsp3) is 0.588. The molecule has 3 N–H and O–H groups in total. The molecule has 3 atom stereocenters. The van der Waals surface area contributed by atoms with Gasteiger partial charge >= 0.3 is 0 Å². The van der Waals surface area contributed by atoms with Crippen LogP contribution in [0.15, 0.2) is 36.4 Å². The van der Waals surface area contributed by atoms with Gasteiger partial charge in [-0.15, -0.1) is 0 Å². The molecule has 4 aromatic rings. The normalized spacial score (nSPS) is 15.1. The number of aromatic nitrogens is 3. The smallest absolute Gasteiger partial charge is 0.139 e. The van der Waals surface area contributed by atoms with Crippen LogP contribution in [0.25, 0.3) is 0 Å². The summed E-state index contributed by atoms with van der Waals surface area (Å²) in [5, 5.41) is 34.8. The maximum Gasteiger partial charge on any atom is 0.139 e. The van der Waals surface area contributed by atoms with E-state index in [-0.39, 0.29) is 50.2 Å². The van der Waals surface area contributed by atoms with Gasteiger partial charge in [-0.05, 0) is 82.6 Å². The number of aromatic hydroxyl groups is 3. The second-order valence-corrected chi connectivity index (χ2v) is 23.0. The second kappa shape index (κ2) is 15.0. The molecule has 0 amide bonds. The number of hydrogen-bond donors (Lipinski definition) is 3. The lowest BCUT2D eigenvalue weighted by atomic mass is 9.77. The van der Waals surface area contributed by atoms with Gasteiger partial charge in [0.25, 0.3) is 0 Å². The van der Waals surface area contributed by atoms with Crippen LogP contribution in [0, 0.1) is 0 Å². The molecule has 0 radical (unpaired) electrons. The predicted molar refractivity (Wildman–Crippen MR) is 239 cm³/mol. The molecule has 57 heavy (non-hydrogen) atoms. The summed E-state index contributed by atoms with van der Waals surface area (Å²) >= 11 is 0. The first-order valence-corrected chi connectivity index (χ1v) is 20.9. The lowest BCUT2D eigenvalue weighted by molar-refractivity contribution is 0.421. The predicted octanol–water partition coefficient (Wildman–Crippen LogP) is 13.2. The van der Waals surface area contributed by atoms with E-state index in [1.165, 1.54) is 0 Å². The van der Waals surface area contributed by atoms with Crippen LogP contribution in [0.5, 0.6) is 17.2 Å². The van der Waals surface area contributed by atoms with E-state index >= 15 is 0 Å². The zero-order valence-corrected chi connectivity index (χ0v) is 39.4. The van der Waals surface area contributed by atoms with Gasteiger partial charge in [0.05, 0.1) is 0 Å². The van der Waals surface area contributed by atoms with Gasteiger partial charge in [-0.2, -0.15) is 0 Å². The van der Waals surface area contributed by atoms with E-state index in [9.17, 15) is 15.3 Å². The average molecular weight is 778 g/mol. The van der Waals surface area contributed by atoms with Crippen molar-refractivity contribution in [3.05, 3.63) is 104 Å². The summed E-state index contributed by atoms with van der Waals surface area (Å²) in [6, 6.07) is 12.8. The molecule has 0 bridgehead atoms. The van der Waals surface area contributed by atoms with Crippen LogP contribution in [-0.4, -0.2) is 30.3 Å². The molecule has 0 saturated heterocycles. The summed E-state index contributed by atoms with van der Waals surface area (Å²) in [5.74, 6) is 2.35. The Morgan fingerprint density at radius 3 is 0.579 bits per heavy atom. The molecule has 0 fully saturated rings. The van der Waals surface area contributed by atoms with E-state index < -0.39 is 0 Å². The largest absolute Gasteiger partial charge is 0.507 e. The summed E-state index contributed by atoms with van der Waals surface area (Å²) in [6.07, 6.45) is 0. The minimum Gasteiger partial charge on any atom is -0.507 e.